The van der Waals surface area contributed by atoms with Crippen LogP contribution in [0.2, 0.25) is 0 Å². The molecule has 4 nitrogen and oxygen atoms in total. The summed E-state index contributed by atoms with van der Waals surface area (Å²) >= 11 is 0. The van der Waals surface area contributed by atoms with Crippen molar-refractivity contribution in [2.45, 2.75) is 65.0 Å². The van der Waals surface area contributed by atoms with Crippen molar-refractivity contribution in [3.63, 3.8) is 0 Å². The smallest absolute Gasteiger partial charge is 0.216 e. The summed E-state index contributed by atoms with van der Waals surface area (Å²) in [6.45, 7) is 9.30. The minimum Gasteiger partial charge on any atom is -0.325 e. The number of sulfonamides is 1. The number of hydrogen-bond donors (Lipinski definition) is 1. The van der Waals surface area contributed by atoms with Gasteiger partial charge < -0.3 is 5.73 Å². The minimum absolute atomic E-state index is 0.126. The van der Waals surface area contributed by atoms with Crippen LogP contribution in [0.1, 0.15) is 53.4 Å². The number of nitrogens with two attached hydrogens (primary N) is 1. The summed E-state index contributed by atoms with van der Waals surface area (Å²) in [6, 6.07) is -0.224. The normalized spacial score (nSPS) is 39.8. The lowest BCUT2D eigenvalue weighted by molar-refractivity contribution is 0.0661. The maximum Gasteiger partial charge on any atom is 0.216 e. The van der Waals surface area contributed by atoms with Gasteiger partial charge in [0.15, 0.2) is 0 Å². The van der Waals surface area contributed by atoms with Crippen molar-refractivity contribution in [2.75, 3.05) is 12.3 Å². The quantitative estimate of drug-likeness (QED) is 0.802. The largest absolute Gasteiger partial charge is 0.325 e. The highest BCUT2D eigenvalue weighted by Gasteiger charge is 2.55. The summed E-state index contributed by atoms with van der Waals surface area (Å²) in [5.41, 5.74) is 6.23. The van der Waals surface area contributed by atoms with Crippen LogP contribution in [0.25, 0.3) is 0 Å². The van der Waals surface area contributed by atoms with Crippen LogP contribution in [0.4, 0.5) is 0 Å². The Kier molecular flexibility index (Phi) is 3.78. The van der Waals surface area contributed by atoms with Crippen LogP contribution in [0.5, 0.6) is 0 Å². The lowest BCUT2D eigenvalue weighted by Crippen LogP contribution is -2.56. The van der Waals surface area contributed by atoms with E-state index in [1.807, 2.05) is 6.92 Å². The third kappa shape index (κ3) is 2.45. The molecule has 0 aromatic heterocycles. The van der Waals surface area contributed by atoms with Gasteiger partial charge in [-0.3, -0.25) is 0 Å². The molecule has 1 unspecified atom stereocenters. The van der Waals surface area contributed by atoms with E-state index in [9.17, 15) is 8.42 Å². The molecule has 2 rings (SSSR count). The second kappa shape index (κ2) is 4.71. The summed E-state index contributed by atoms with van der Waals surface area (Å²) in [4.78, 5) is 0. The zero-order chi connectivity index (χ0) is 14.5. The molecule has 0 bridgehead atoms. The molecule has 2 aliphatic rings. The highest BCUT2D eigenvalue weighted by atomic mass is 32.2. The highest BCUT2D eigenvalue weighted by molar-refractivity contribution is 7.89. The van der Waals surface area contributed by atoms with Crippen LogP contribution in [0, 0.1) is 11.3 Å². The van der Waals surface area contributed by atoms with Crippen LogP contribution < -0.4 is 5.73 Å². The van der Waals surface area contributed by atoms with Crippen molar-refractivity contribution >= 4 is 10.0 Å². The molecule has 1 aliphatic heterocycles. The van der Waals surface area contributed by atoms with Gasteiger partial charge in [0.25, 0.3) is 0 Å². The fourth-order valence-corrected chi connectivity index (χ4v) is 6.26. The molecule has 0 radical (unpaired) electrons. The van der Waals surface area contributed by atoms with Gasteiger partial charge in [0, 0.05) is 12.6 Å². The summed E-state index contributed by atoms with van der Waals surface area (Å²) in [5.74, 6) is 0.799. The predicted octanol–water partition coefficient (Wildman–Crippen LogP) is 1.95. The Bertz CT molecular complexity index is 431. The first-order chi connectivity index (χ1) is 8.63. The van der Waals surface area contributed by atoms with Crippen LogP contribution in [-0.2, 0) is 10.0 Å². The molecule has 5 heteroatoms. The molecule has 1 spiro atoms. The van der Waals surface area contributed by atoms with E-state index in [1.165, 1.54) is 0 Å². The lowest BCUT2D eigenvalue weighted by atomic mass is 9.65. The molecule has 0 amide bonds. The van der Waals surface area contributed by atoms with E-state index in [1.54, 1.807) is 4.31 Å². The fraction of sp³-hybridized carbons (Fsp3) is 1.00. The first-order valence-electron chi connectivity index (χ1n) is 7.39. The van der Waals surface area contributed by atoms with E-state index in [-0.39, 0.29) is 17.3 Å². The van der Waals surface area contributed by atoms with Crippen LogP contribution >= 0.6 is 0 Å². The number of likely N-dealkylation sites (N-methyl/N-ethyl adjacent to an activating group) is 1. The first kappa shape index (κ1) is 15.3. The second-order valence-electron chi connectivity index (χ2n) is 7.29. The van der Waals surface area contributed by atoms with Crippen molar-refractivity contribution in [3.8, 4) is 0 Å². The summed E-state index contributed by atoms with van der Waals surface area (Å²) in [6.07, 6.45) is 4.01. The van der Waals surface area contributed by atoms with Crippen LogP contribution in [0.3, 0.4) is 0 Å². The van der Waals surface area contributed by atoms with Crippen molar-refractivity contribution < 1.29 is 8.42 Å². The average molecular weight is 288 g/mol. The fourth-order valence-electron chi connectivity index (χ4n) is 4.05. The first-order valence-corrected chi connectivity index (χ1v) is 9.00. The molecule has 112 valence electrons. The van der Waals surface area contributed by atoms with Gasteiger partial charge in [-0.05, 0) is 37.0 Å². The van der Waals surface area contributed by atoms with Crippen LogP contribution in [0.15, 0.2) is 0 Å². The molecular weight excluding hydrogens is 260 g/mol. The van der Waals surface area contributed by atoms with Gasteiger partial charge in [-0.15, -0.1) is 0 Å². The van der Waals surface area contributed by atoms with Gasteiger partial charge in [-0.2, -0.15) is 4.31 Å². The highest BCUT2D eigenvalue weighted by Crippen LogP contribution is 2.48. The van der Waals surface area contributed by atoms with Crippen molar-refractivity contribution in [2.24, 2.45) is 17.1 Å². The van der Waals surface area contributed by atoms with E-state index in [0.717, 1.165) is 25.7 Å². The minimum atomic E-state index is -3.14. The SMILES string of the molecule is CCN1C2(CCC(C(C)(C)C)CC2)C(N)CS1(=O)=O. The maximum absolute atomic E-state index is 12.2. The Labute approximate surface area is 117 Å². The molecular formula is C14H28N2O2S. The van der Waals surface area contributed by atoms with Crippen molar-refractivity contribution in [1.29, 1.82) is 0 Å². The van der Waals surface area contributed by atoms with E-state index < -0.39 is 10.0 Å². The zero-order valence-electron chi connectivity index (χ0n) is 12.6. The monoisotopic (exact) mass is 288 g/mol. The Morgan fingerprint density at radius 2 is 1.79 bits per heavy atom. The summed E-state index contributed by atoms with van der Waals surface area (Å²) in [5, 5.41) is 0. The van der Waals surface area contributed by atoms with Crippen molar-refractivity contribution in [1.82, 2.24) is 4.31 Å². The summed E-state index contributed by atoms with van der Waals surface area (Å²) < 4.78 is 26.1. The molecule has 1 atom stereocenters. The second-order valence-corrected chi connectivity index (χ2v) is 9.23. The maximum atomic E-state index is 12.2. The molecule has 2 N–H and O–H groups in total. The third-order valence-corrected chi connectivity index (χ3v) is 7.35. The molecule has 1 aliphatic carbocycles. The topological polar surface area (TPSA) is 63.4 Å². The molecule has 2 fully saturated rings. The Morgan fingerprint density at radius 1 is 1.26 bits per heavy atom. The predicted molar refractivity (Wildman–Crippen MR) is 78.3 cm³/mol. The van der Waals surface area contributed by atoms with Gasteiger partial charge in [0.2, 0.25) is 10.0 Å². The zero-order valence-corrected chi connectivity index (χ0v) is 13.5. The van der Waals surface area contributed by atoms with E-state index in [2.05, 4.69) is 20.8 Å². The van der Waals surface area contributed by atoms with E-state index in [0.29, 0.717) is 17.9 Å². The number of rotatable bonds is 1. The Morgan fingerprint density at radius 3 is 2.21 bits per heavy atom. The summed E-state index contributed by atoms with van der Waals surface area (Å²) in [7, 11) is -3.14. The molecule has 0 aromatic rings. The molecule has 0 aromatic carbocycles. The number of nitrogens with zero attached hydrogens (tertiary/aromatic N) is 1. The lowest BCUT2D eigenvalue weighted by Gasteiger charge is -2.47. The standard InChI is InChI=1S/C14H28N2O2S/c1-5-16-14(12(15)10-19(16,17)18)8-6-11(7-9-14)13(2,3)4/h11-12H,5-10,15H2,1-4H3. The average Bonchev–Trinajstić information content (AvgIpc) is 2.45. The van der Waals surface area contributed by atoms with E-state index >= 15 is 0 Å². The van der Waals surface area contributed by atoms with Gasteiger partial charge in [0.1, 0.15) is 0 Å². The molecule has 1 saturated carbocycles. The number of hydrogen-bond acceptors (Lipinski definition) is 3. The Hall–Kier alpha value is -0.130. The van der Waals surface area contributed by atoms with Gasteiger partial charge in [0.05, 0.1) is 11.3 Å². The van der Waals surface area contributed by atoms with Gasteiger partial charge in [-0.1, -0.05) is 27.7 Å². The molecule has 19 heavy (non-hydrogen) atoms. The Balaban J connectivity index is 2.22. The van der Waals surface area contributed by atoms with E-state index in [4.69, 9.17) is 5.73 Å². The molecule has 1 saturated heterocycles. The van der Waals surface area contributed by atoms with Crippen LogP contribution in [-0.4, -0.2) is 36.6 Å². The van der Waals surface area contributed by atoms with Crippen molar-refractivity contribution in [3.05, 3.63) is 0 Å². The van der Waals surface area contributed by atoms with Gasteiger partial charge in [-0.25, -0.2) is 8.42 Å². The molecule has 1 heterocycles. The third-order valence-electron chi connectivity index (χ3n) is 5.28. The van der Waals surface area contributed by atoms with Gasteiger partial charge >= 0.3 is 0 Å².